The third-order valence-electron chi connectivity index (χ3n) is 1.31. The first-order chi connectivity index (χ1) is 5.13. The van der Waals surface area contributed by atoms with Gasteiger partial charge in [-0.3, -0.25) is 0 Å². The lowest BCUT2D eigenvalue weighted by atomic mass is 9.97. The molecule has 66 valence electrons. The van der Waals surface area contributed by atoms with Crippen molar-refractivity contribution in [1.29, 1.82) is 0 Å². The van der Waals surface area contributed by atoms with Gasteiger partial charge >= 0.3 is 0 Å². The smallest absolute Gasteiger partial charge is 0.122 e. The fourth-order valence-corrected chi connectivity index (χ4v) is 0.602. The van der Waals surface area contributed by atoms with Crippen LogP contribution < -0.4 is 0 Å². The Balaban J connectivity index is 3.79. The molecule has 5 nitrogen and oxygen atoms in total. The van der Waals surface area contributed by atoms with Gasteiger partial charge in [-0.05, 0) is 0 Å². The number of carbonyl (C=O) groups excluding carboxylic acids is 1. The van der Waals surface area contributed by atoms with Crippen LogP contribution in [0, 0.1) is 0 Å². The summed E-state index contributed by atoms with van der Waals surface area (Å²) in [6.45, 7) is -0.642. The molecule has 0 spiro atoms. The van der Waals surface area contributed by atoms with Crippen LogP contribution in [0.3, 0.4) is 0 Å². The monoisotopic (exact) mass is 163 g/mol. The standard InChI is InChI=1S/C6H12O5/c7-2-1-4(9)6(11)5(10)3-8/h2,4-6,8-11H,1,3H2/t4-,5-,6+/m1/s1/i2-1. The van der Waals surface area contributed by atoms with Gasteiger partial charge in [-0.1, -0.05) is 0 Å². The fraction of sp³-hybridized carbons (Fsp3) is 0.833. The number of rotatable bonds is 5. The topological polar surface area (TPSA) is 98.0 Å². The van der Waals surface area contributed by atoms with E-state index in [-0.39, 0.29) is 6.42 Å². The van der Waals surface area contributed by atoms with E-state index in [0.717, 1.165) is 0 Å². The average molecular weight is 163 g/mol. The largest absolute Gasteiger partial charge is 0.394 e. The molecule has 0 unspecified atom stereocenters. The number of aliphatic hydroxyl groups is 4. The van der Waals surface area contributed by atoms with Crippen LogP contribution in [0.2, 0.25) is 0 Å². The Morgan fingerprint density at radius 2 is 1.73 bits per heavy atom. The molecule has 3 atom stereocenters. The van der Waals surface area contributed by atoms with Crippen LogP contribution in [0.1, 0.15) is 6.42 Å². The van der Waals surface area contributed by atoms with E-state index < -0.39 is 24.9 Å². The number of aldehydes is 1. The van der Waals surface area contributed by atoms with Crippen molar-refractivity contribution in [3.05, 3.63) is 0 Å². The van der Waals surface area contributed by atoms with Gasteiger partial charge in [-0.15, -0.1) is 0 Å². The van der Waals surface area contributed by atoms with E-state index in [1.807, 2.05) is 0 Å². The minimum Gasteiger partial charge on any atom is -0.394 e. The van der Waals surface area contributed by atoms with Crippen molar-refractivity contribution in [2.75, 3.05) is 6.61 Å². The van der Waals surface area contributed by atoms with Crippen LogP contribution in [0.15, 0.2) is 0 Å². The molecule has 4 N–H and O–H groups in total. The van der Waals surface area contributed by atoms with Crippen LogP contribution in [0.4, 0.5) is 0 Å². The van der Waals surface area contributed by atoms with Crippen LogP contribution in [0.25, 0.3) is 0 Å². The maximum Gasteiger partial charge on any atom is 0.122 e. The maximum absolute atomic E-state index is 9.82. The van der Waals surface area contributed by atoms with E-state index in [1.165, 1.54) is 0 Å². The van der Waals surface area contributed by atoms with Crippen molar-refractivity contribution < 1.29 is 25.2 Å². The highest BCUT2D eigenvalue weighted by molar-refractivity contribution is 5.50. The predicted octanol–water partition coefficient (Wildman–Crippen LogP) is -2.35. The number of hydrogen-bond donors (Lipinski definition) is 4. The van der Waals surface area contributed by atoms with E-state index in [0.29, 0.717) is 6.29 Å². The van der Waals surface area contributed by atoms with Gasteiger partial charge in [0.15, 0.2) is 0 Å². The zero-order chi connectivity index (χ0) is 8.85. The molecule has 11 heavy (non-hydrogen) atoms. The Labute approximate surface area is 63.9 Å². The fourth-order valence-electron chi connectivity index (χ4n) is 0.602. The van der Waals surface area contributed by atoms with E-state index in [9.17, 15) is 4.79 Å². The quantitative estimate of drug-likeness (QED) is 0.340. The number of hydrogen-bond acceptors (Lipinski definition) is 5. The second-order valence-corrected chi connectivity index (χ2v) is 2.21. The molecule has 0 aromatic rings. The molecule has 0 saturated heterocycles. The normalized spacial score (nSPS) is 18.9. The molecule has 0 saturated carbocycles. The third kappa shape index (κ3) is 3.43. The Bertz CT molecular complexity index is 116. The van der Waals surface area contributed by atoms with Crippen LogP contribution in [0.5, 0.6) is 0 Å². The Kier molecular flexibility index (Phi) is 4.97. The van der Waals surface area contributed by atoms with Crippen LogP contribution in [-0.4, -0.2) is 51.6 Å². The van der Waals surface area contributed by atoms with Crippen LogP contribution >= 0.6 is 0 Å². The highest BCUT2D eigenvalue weighted by Gasteiger charge is 2.23. The zero-order valence-corrected chi connectivity index (χ0v) is 5.92. The molecule has 0 fully saturated rings. The molecule has 5 heteroatoms. The summed E-state index contributed by atoms with van der Waals surface area (Å²) in [5, 5.41) is 34.8. The van der Waals surface area contributed by atoms with E-state index in [1.54, 1.807) is 0 Å². The molecule has 0 aliphatic carbocycles. The summed E-state index contributed by atoms with van der Waals surface area (Å²) in [5.74, 6) is 0. The van der Waals surface area contributed by atoms with E-state index in [4.69, 9.17) is 20.4 Å². The number of aliphatic hydroxyl groups excluding tert-OH is 4. The molecular weight excluding hydrogens is 151 g/mol. The first-order valence-electron chi connectivity index (χ1n) is 3.22. The van der Waals surface area contributed by atoms with Crippen LogP contribution in [-0.2, 0) is 4.79 Å². The summed E-state index contributed by atoms with van der Waals surface area (Å²) in [6, 6.07) is 0. The first kappa shape index (κ1) is 10.5. The average Bonchev–Trinajstić information content (AvgIpc) is 2.02. The highest BCUT2D eigenvalue weighted by Crippen LogP contribution is 2.01. The Morgan fingerprint density at radius 1 is 1.18 bits per heavy atom. The van der Waals surface area contributed by atoms with Gasteiger partial charge in [0.1, 0.15) is 18.5 Å². The minimum absolute atomic E-state index is 0.252. The predicted molar refractivity (Wildman–Crippen MR) is 35.8 cm³/mol. The van der Waals surface area contributed by atoms with Crippen molar-refractivity contribution >= 4 is 6.29 Å². The second kappa shape index (κ2) is 5.20. The summed E-state index contributed by atoms with van der Waals surface area (Å²) < 4.78 is 0. The van der Waals surface area contributed by atoms with Gasteiger partial charge in [0.2, 0.25) is 0 Å². The van der Waals surface area contributed by atoms with Gasteiger partial charge in [0.25, 0.3) is 0 Å². The molecule has 0 radical (unpaired) electrons. The van der Waals surface area contributed by atoms with E-state index >= 15 is 0 Å². The molecule has 0 aromatic heterocycles. The van der Waals surface area contributed by atoms with Crippen molar-refractivity contribution in [3.8, 4) is 0 Å². The first-order valence-corrected chi connectivity index (χ1v) is 3.22. The molecule has 0 aromatic carbocycles. The summed E-state index contributed by atoms with van der Waals surface area (Å²) in [5.41, 5.74) is 0. The van der Waals surface area contributed by atoms with Gasteiger partial charge in [0.05, 0.1) is 12.7 Å². The zero-order valence-electron chi connectivity index (χ0n) is 5.92. The van der Waals surface area contributed by atoms with Crippen molar-refractivity contribution in [2.24, 2.45) is 0 Å². The summed E-state index contributed by atoms with van der Waals surface area (Å²) in [6.07, 6.45) is -4.00. The van der Waals surface area contributed by atoms with Crippen molar-refractivity contribution in [3.63, 3.8) is 0 Å². The lowest BCUT2D eigenvalue weighted by molar-refractivity contribution is -0.115. The molecule has 0 bridgehead atoms. The molecule has 0 aliphatic heterocycles. The lowest BCUT2D eigenvalue weighted by Crippen LogP contribution is -2.39. The van der Waals surface area contributed by atoms with Gasteiger partial charge in [-0.2, -0.15) is 0 Å². The van der Waals surface area contributed by atoms with E-state index in [2.05, 4.69) is 0 Å². The van der Waals surface area contributed by atoms with Gasteiger partial charge in [0, 0.05) is 6.42 Å². The molecule has 0 heterocycles. The minimum atomic E-state index is -1.47. The lowest BCUT2D eigenvalue weighted by Gasteiger charge is -2.19. The highest BCUT2D eigenvalue weighted by atomic mass is 16.4. The Morgan fingerprint density at radius 3 is 2.09 bits per heavy atom. The second-order valence-electron chi connectivity index (χ2n) is 2.21. The summed E-state index contributed by atoms with van der Waals surface area (Å²) in [4.78, 5) is 9.82. The molecule has 0 amide bonds. The number of carbonyl (C=O) groups is 1. The van der Waals surface area contributed by atoms with Crippen molar-refractivity contribution in [1.82, 2.24) is 0 Å². The maximum atomic E-state index is 9.82. The summed E-state index contributed by atoms with van der Waals surface area (Å²) in [7, 11) is 0. The SMILES string of the molecule is O=[11CH]C[C@@H](O)[C@H](O)[C@H](O)CO. The van der Waals surface area contributed by atoms with Gasteiger partial charge in [-0.25, -0.2) is 0 Å². The third-order valence-corrected chi connectivity index (χ3v) is 1.31. The van der Waals surface area contributed by atoms with Crippen molar-refractivity contribution in [2.45, 2.75) is 24.7 Å². The molecule has 0 aliphatic rings. The Hall–Kier alpha value is -0.490. The van der Waals surface area contributed by atoms with Gasteiger partial charge < -0.3 is 25.2 Å². The summed E-state index contributed by atoms with van der Waals surface area (Å²) >= 11 is 0. The molecule has 0 rings (SSSR count). The molecular formula is C6H12O5.